The van der Waals surface area contributed by atoms with Gasteiger partial charge in [0.1, 0.15) is 34.5 Å². The Morgan fingerprint density at radius 2 is 1.06 bits per heavy atom. The van der Waals surface area contributed by atoms with Crippen LogP contribution in [0.5, 0.6) is 0 Å². The molecule has 0 radical (unpaired) electrons. The van der Waals surface area contributed by atoms with Gasteiger partial charge in [0.15, 0.2) is 6.29 Å². The van der Waals surface area contributed by atoms with E-state index < -0.39 is 52.0 Å². The molecule has 0 aromatic heterocycles. The summed E-state index contributed by atoms with van der Waals surface area (Å²) in [5.41, 5.74) is 4.23. The van der Waals surface area contributed by atoms with E-state index in [-0.39, 0.29) is 29.5 Å². The van der Waals surface area contributed by atoms with Crippen LogP contribution in [-0.4, -0.2) is 29.4 Å². The molecule has 4 aromatic rings. The van der Waals surface area contributed by atoms with Crippen molar-refractivity contribution in [3.05, 3.63) is 130 Å². The summed E-state index contributed by atoms with van der Waals surface area (Å²) in [6, 6.07) is 22.1. The number of benzene rings is 4. The molecule has 0 unspecified atom stereocenters. The van der Waals surface area contributed by atoms with Crippen LogP contribution in [0.15, 0.2) is 84.9 Å². The molecule has 0 aliphatic rings. The topological polar surface area (TPSA) is 108 Å². The summed E-state index contributed by atoms with van der Waals surface area (Å²) < 4.78 is 64.8. The second-order valence-electron chi connectivity index (χ2n) is 12.0. The molecule has 4 rings (SSSR count). The highest BCUT2D eigenvalue weighted by Gasteiger charge is 2.22. The number of esters is 2. The number of nitrogen functional groups attached to an aromatic ring is 1. The molecule has 0 saturated heterocycles. The number of nitrogens with one attached hydrogen (secondary N) is 1. The number of carbonyl (C=O) groups excluding carboxylic acids is 3. The molecule has 7 nitrogen and oxygen atoms in total. The minimum Gasteiger partial charge on any atom is -0.456 e. The molecule has 0 bridgehead atoms. The van der Waals surface area contributed by atoms with Crippen molar-refractivity contribution in [2.45, 2.75) is 59.3 Å². The van der Waals surface area contributed by atoms with Gasteiger partial charge in [-0.05, 0) is 90.1 Å². The number of nitrogens with two attached hydrogens (primary N) is 1. The maximum absolute atomic E-state index is 14.1. The molecule has 250 valence electrons. The zero-order chi connectivity index (χ0) is 35.4. The average Bonchev–Trinajstić information content (AvgIpc) is 2.96. The molecule has 0 atom stereocenters. The third-order valence-electron chi connectivity index (χ3n) is 5.65. The summed E-state index contributed by atoms with van der Waals surface area (Å²) in [7, 11) is 0. The van der Waals surface area contributed by atoms with E-state index in [1.165, 1.54) is 0 Å². The van der Waals surface area contributed by atoms with Crippen LogP contribution in [0, 0.1) is 23.3 Å². The van der Waals surface area contributed by atoms with Gasteiger partial charge in [-0.3, -0.25) is 4.79 Å². The highest BCUT2D eigenvalue weighted by atomic mass is 19.1. The third kappa shape index (κ3) is 13.4. The number of carbonyl (C=O) groups is 3. The van der Waals surface area contributed by atoms with Gasteiger partial charge in [-0.1, -0.05) is 36.4 Å². The van der Waals surface area contributed by atoms with Gasteiger partial charge in [0.25, 0.3) is 0 Å². The van der Waals surface area contributed by atoms with E-state index >= 15 is 0 Å². The Hall–Kier alpha value is -5.19. The highest BCUT2D eigenvalue weighted by Crippen LogP contribution is 2.20. The second-order valence-corrected chi connectivity index (χ2v) is 12.0. The molecule has 0 aliphatic heterocycles. The van der Waals surface area contributed by atoms with Gasteiger partial charge in [-0.15, -0.1) is 0 Å². The lowest BCUT2D eigenvalue weighted by Gasteiger charge is -2.19. The SMILES string of the molecule is CC(C)(C)OC(=O)c1cc(F)c(C=O)c(F)c1.CC(C)(C)OC(=O)c1cc(F)c(CNc2ccccc2)c(F)c1.Nc1ccccc1. The molecule has 0 amide bonds. The van der Waals surface area contributed by atoms with E-state index in [4.69, 9.17) is 15.2 Å². The zero-order valence-electron chi connectivity index (χ0n) is 27.0. The van der Waals surface area contributed by atoms with Crippen LogP contribution in [0.2, 0.25) is 0 Å². The minimum absolute atomic E-state index is 0.0176. The van der Waals surface area contributed by atoms with Crippen LogP contribution in [0.3, 0.4) is 0 Å². The summed E-state index contributed by atoms with van der Waals surface area (Å²) in [6.45, 7) is 9.96. The van der Waals surface area contributed by atoms with Crippen LogP contribution >= 0.6 is 0 Å². The summed E-state index contributed by atoms with van der Waals surface area (Å²) in [5, 5.41) is 2.93. The Morgan fingerprint density at radius 1 is 0.681 bits per heavy atom. The van der Waals surface area contributed by atoms with Crippen molar-refractivity contribution in [1.82, 2.24) is 0 Å². The van der Waals surface area contributed by atoms with E-state index in [0.29, 0.717) is 0 Å². The van der Waals surface area contributed by atoms with E-state index in [2.05, 4.69) is 5.32 Å². The lowest BCUT2D eigenvalue weighted by Crippen LogP contribution is -2.24. The van der Waals surface area contributed by atoms with Crippen molar-refractivity contribution in [3.8, 4) is 0 Å². The van der Waals surface area contributed by atoms with Crippen molar-refractivity contribution < 1.29 is 41.4 Å². The fourth-order valence-corrected chi connectivity index (χ4v) is 3.58. The molecule has 0 saturated carbocycles. The van der Waals surface area contributed by atoms with E-state index in [9.17, 15) is 31.9 Å². The van der Waals surface area contributed by atoms with Gasteiger partial charge in [-0.2, -0.15) is 0 Å². The smallest absolute Gasteiger partial charge is 0.338 e. The number of anilines is 2. The van der Waals surface area contributed by atoms with Gasteiger partial charge >= 0.3 is 11.9 Å². The van der Waals surface area contributed by atoms with Crippen molar-refractivity contribution in [2.75, 3.05) is 11.1 Å². The van der Waals surface area contributed by atoms with Crippen molar-refractivity contribution in [3.63, 3.8) is 0 Å². The maximum atomic E-state index is 14.1. The summed E-state index contributed by atoms with van der Waals surface area (Å²) in [6.07, 6.45) is 0.0591. The predicted octanol–water partition coefficient (Wildman–Crippen LogP) is 8.53. The van der Waals surface area contributed by atoms with E-state index in [1.54, 1.807) is 53.7 Å². The van der Waals surface area contributed by atoms with Gasteiger partial charge in [0.05, 0.1) is 16.7 Å². The Balaban J connectivity index is 0.000000279. The van der Waals surface area contributed by atoms with Crippen molar-refractivity contribution in [2.24, 2.45) is 0 Å². The van der Waals surface area contributed by atoms with Crippen LogP contribution < -0.4 is 11.1 Å². The first-order chi connectivity index (χ1) is 21.9. The maximum Gasteiger partial charge on any atom is 0.338 e. The number of aldehydes is 1. The predicted molar refractivity (Wildman–Crippen MR) is 173 cm³/mol. The fraction of sp³-hybridized carbons (Fsp3) is 0.250. The van der Waals surface area contributed by atoms with Gasteiger partial charge in [-0.25, -0.2) is 27.2 Å². The minimum atomic E-state index is -1.08. The summed E-state index contributed by atoms with van der Waals surface area (Å²) in [4.78, 5) is 33.8. The average molecular weight is 655 g/mol. The normalized spacial score (nSPS) is 10.8. The molecule has 11 heteroatoms. The van der Waals surface area contributed by atoms with Gasteiger partial charge in [0.2, 0.25) is 0 Å². The number of halogens is 4. The monoisotopic (exact) mass is 654 g/mol. The Kier molecular flexibility index (Phi) is 13.7. The first kappa shape index (κ1) is 38.0. The quantitative estimate of drug-likeness (QED) is 0.0929. The molecule has 0 heterocycles. The molecule has 4 aromatic carbocycles. The fourth-order valence-electron chi connectivity index (χ4n) is 3.58. The molecule has 0 aliphatic carbocycles. The first-order valence-corrected chi connectivity index (χ1v) is 14.4. The van der Waals surface area contributed by atoms with E-state index in [0.717, 1.165) is 35.6 Å². The highest BCUT2D eigenvalue weighted by molar-refractivity contribution is 5.91. The van der Waals surface area contributed by atoms with Crippen molar-refractivity contribution in [1.29, 1.82) is 0 Å². The third-order valence-corrected chi connectivity index (χ3v) is 5.65. The summed E-state index contributed by atoms with van der Waals surface area (Å²) >= 11 is 0. The number of rotatable bonds is 6. The van der Waals surface area contributed by atoms with Crippen LogP contribution in [0.25, 0.3) is 0 Å². The van der Waals surface area contributed by atoms with E-state index in [1.807, 2.05) is 48.5 Å². The summed E-state index contributed by atoms with van der Waals surface area (Å²) in [5.74, 6) is -5.32. The van der Waals surface area contributed by atoms with Gasteiger partial charge < -0.3 is 20.5 Å². The number of hydrogen-bond donors (Lipinski definition) is 2. The largest absolute Gasteiger partial charge is 0.456 e. The van der Waals surface area contributed by atoms with Crippen LogP contribution in [0.4, 0.5) is 28.9 Å². The Labute approximate surface area is 271 Å². The Bertz CT molecular complexity index is 1610. The lowest BCUT2D eigenvalue weighted by molar-refractivity contribution is 0.00561. The molecular formula is C36H38F4N2O5. The standard InChI is InChI=1S/C18H19F2NO2.C12H12F2O3.C6H7N/c1-18(2,3)23-17(22)12-9-15(19)14(16(20)10-12)11-21-13-7-5-4-6-8-13;1-12(2,3)17-11(16)7-4-9(13)8(6-15)10(14)5-7;7-6-4-2-1-3-5-6/h4-10,21H,11H2,1-3H3;4-6H,1-3H3;1-5H,7H2. The molecule has 47 heavy (non-hydrogen) atoms. The van der Waals surface area contributed by atoms with Crippen LogP contribution in [0.1, 0.15) is 78.2 Å². The molecule has 3 N–H and O–H groups in total. The number of para-hydroxylation sites is 2. The molecular weight excluding hydrogens is 616 g/mol. The molecule has 0 fully saturated rings. The lowest BCUT2D eigenvalue weighted by atomic mass is 10.1. The zero-order valence-corrected chi connectivity index (χ0v) is 27.0. The second kappa shape index (κ2) is 16.9. The van der Waals surface area contributed by atoms with Crippen LogP contribution in [-0.2, 0) is 16.0 Å². The Morgan fingerprint density at radius 3 is 1.40 bits per heavy atom. The molecule has 0 spiro atoms. The van der Waals surface area contributed by atoms with Gasteiger partial charge in [0, 0.05) is 23.5 Å². The number of hydrogen-bond acceptors (Lipinski definition) is 7. The first-order valence-electron chi connectivity index (χ1n) is 14.4. The number of ether oxygens (including phenoxy) is 2. The van der Waals surface area contributed by atoms with Crippen molar-refractivity contribution >= 4 is 29.6 Å².